The molecule has 1 aromatic rings. The molecule has 0 N–H and O–H groups in total. The Morgan fingerprint density at radius 3 is 2.86 bits per heavy atom. The monoisotopic (exact) mass is 208 g/mol. The fraction of sp³-hybridized carbons (Fsp3) is 0.182. The topological polar surface area (TPSA) is 26.3 Å². The van der Waals surface area contributed by atoms with Crippen LogP contribution in [-0.2, 0) is 0 Å². The highest BCUT2D eigenvalue weighted by Crippen LogP contribution is 2.22. The SMILES string of the molecule is C#CCOc1ccc(C(C)=O)c(Cl)c1. The van der Waals surface area contributed by atoms with E-state index in [1.54, 1.807) is 18.2 Å². The molecule has 0 fully saturated rings. The molecule has 0 unspecified atom stereocenters. The van der Waals surface area contributed by atoms with Crippen molar-refractivity contribution in [3.63, 3.8) is 0 Å². The van der Waals surface area contributed by atoms with E-state index < -0.39 is 0 Å². The number of carbonyl (C=O) groups is 1. The second-order valence-corrected chi connectivity index (χ2v) is 3.10. The normalized spacial score (nSPS) is 9.21. The molecule has 0 aliphatic carbocycles. The van der Waals surface area contributed by atoms with Crippen LogP contribution >= 0.6 is 11.6 Å². The minimum absolute atomic E-state index is 0.0708. The number of halogens is 1. The summed E-state index contributed by atoms with van der Waals surface area (Å²) in [6, 6.07) is 4.87. The molecule has 14 heavy (non-hydrogen) atoms. The summed E-state index contributed by atoms with van der Waals surface area (Å²) < 4.78 is 5.14. The van der Waals surface area contributed by atoms with Gasteiger partial charge in [0, 0.05) is 5.56 Å². The first-order valence-electron chi connectivity index (χ1n) is 4.02. The zero-order valence-electron chi connectivity index (χ0n) is 7.71. The molecule has 2 nitrogen and oxygen atoms in total. The lowest BCUT2D eigenvalue weighted by atomic mass is 10.1. The first kappa shape index (κ1) is 10.6. The molecule has 0 aromatic heterocycles. The second-order valence-electron chi connectivity index (χ2n) is 2.69. The molecule has 1 aromatic carbocycles. The zero-order chi connectivity index (χ0) is 10.6. The van der Waals surface area contributed by atoms with Crippen molar-refractivity contribution < 1.29 is 9.53 Å². The highest BCUT2D eigenvalue weighted by atomic mass is 35.5. The van der Waals surface area contributed by atoms with Crippen LogP contribution in [0, 0.1) is 12.3 Å². The molecule has 0 aliphatic heterocycles. The maximum absolute atomic E-state index is 11.0. The van der Waals surface area contributed by atoms with Crippen LogP contribution in [0.15, 0.2) is 18.2 Å². The third kappa shape index (κ3) is 2.51. The van der Waals surface area contributed by atoms with E-state index in [-0.39, 0.29) is 12.4 Å². The van der Waals surface area contributed by atoms with Crippen LogP contribution in [0.5, 0.6) is 5.75 Å². The predicted octanol–water partition coefficient (Wildman–Crippen LogP) is 2.55. The summed E-state index contributed by atoms with van der Waals surface area (Å²) in [5, 5.41) is 0.382. The molecule has 1 rings (SSSR count). The third-order valence-corrected chi connectivity index (χ3v) is 1.95. The number of ether oxygens (including phenoxy) is 1. The van der Waals surface area contributed by atoms with Gasteiger partial charge in [0.15, 0.2) is 5.78 Å². The molecule has 0 heterocycles. The van der Waals surface area contributed by atoms with Crippen molar-refractivity contribution in [1.29, 1.82) is 0 Å². The van der Waals surface area contributed by atoms with Crippen LogP contribution in [0.2, 0.25) is 5.02 Å². The molecule has 72 valence electrons. The maximum Gasteiger partial charge on any atom is 0.161 e. The molecule has 0 radical (unpaired) electrons. The van der Waals surface area contributed by atoms with Crippen molar-refractivity contribution in [3.8, 4) is 18.1 Å². The van der Waals surface area contributed by atoms with Gasteiger partial charge in [-0.05, 0) is 25.1 Å². The van der Waals surface area contributed by atoms with Crippen LogP contribution in [-0.4, -0.2) is 12.4 Å². The summed E-state index contributed by atoms with van der Waals surface area (Å²) in [5.41, 5.74) is 0.486. The Balaban J connectivity index is 2.90. The second kappa shape index (κ2) is 4.69. The van der Waals surface area contributed by atoms with Gasteiger partial charge in [0.25, 0.3) is 0 Å². The van der Waals surface area contributed by atoms with Crippen molar-refractivity contribution in [2.75, 3.05) is 6.61 Å². The minimum Gasteiger partial charge on any atom is -0.481 e. The van der Waals surface area contributed by atoms with E-state index in [1.807, 2.05) is 0 Å². The van der Waals surface area contributed by atoms with Crippen LogP contribution in [0.25, 0.3) is 0 Å². The van der Waals surface area contributed by atoms with Gasteiger partial charge in [0.1, 0.15) is 12.4 Å². The van der Waals surface area contributed by atoms with Crippen molar-refractivity contribution in [3.05, 3.63) is 28.8 Å². The van der Waals surface area contributed by atoms with Gasteiger partial charge in [-0.1, -0.05) is 17.5 Å². The molecule has 3 heteroatoms. The fourth-order valence-corrected chi connectivity index (χ4v) is 1.30. The largest absolute Gasteiger partial charge is 0.481 e. The molecule has 0 saturated carbocycles. The van der Waals surface area contributed by atoms with Crippen LogP contribution < -0.4 is 4.74 Å². The third-order valence-electron chi connectivity index (χ3n) is 1.64. The molecule has 0 aliphatic rings. The maximum atomic E-state index is 11.0. The Labute approximate surface area is 87.8 Å². The quantitative estimate of drug-likeness (QED) is 0.564. The van der Waals surface area contributed by atoms with E-state index in [0.29, 0.717) is 16.3 Å². The first-order chi connectivity index (χ1) is 6.65. The van der Waals surface area contributed by atoms with Crippen LogP contribution in [0.1, 0.15) is 17.3 Å². The van der Waals surface area contributed by atoms with Gasteiger partial charge in [-0.3, -0.25) is 4.79 Å². The summed E-state index contributed by atoms with van der Waals surface area (Å²) >= 11 is 5.85. The highest BCUT2D eigenvalue weighted by molar-refractivity contribution is 6.34. The smallest absolute Gasteiger partial charge is 0.161 e. The van der Waals surface area contributed by atoms with E-state index in [1.165, 1.54) is 6.92 Å². The van der Waals surface area contributed by atoms with Crippen molar-refractivity contribution in [2.45, 2.75) is 6.92 Å². The van der Waals surface area contributed by atoms with Crippen molar-refractivity contribution in [2.24, 2.45) is 0 Å². The standard InChI is InChI=1S/C11H9ClO2/c1-3-6-14-9-4-5-10(8(2)13)11(12)7-9/h1,4-5,7H,6H2,2H3. The minimum atomic E-state index is -0.0708. The number of Topliss-reactive ketones (excluding diaryl/α,β-unsaturated/α-hetero) is 1. The first-order valence-corrected chi connectivity index (χ1v) is 4.39. The zero-order valence-corrected chi connectivity index (χ0v) is 8.47. The molecule has 0 atom stereocenters. The number of hydrogen-bond acceptors (Lipinski definition) is 2. The van der Waals surface area contributed by atoms with Gasteiger partial charge in [-0.25, -0.2) is 0 Å². The van der Waals surface area contributed by atoms with Gasteiger partial charge in [-0.15, -0.1) is 6.42 Å². The van der Waals surface area contributed by atoms with E-state index in [9.17, 15) is 4.79 Å². The van der Waals surface area contributed by atoms with Crippen LogP contribution in [0.3, 0.4) is 0 Å². The predicted molar refractivity (Wildman–Crippen MR) is 55.8 cm³/mol. The summed E-state index contributed by atoms with van der Waals surface area (Å²) in [4.78, 5) is 11.0. The number of rotatable bonds is 3. The summed E-state index contributed by atoms with van der Waals surface area (Å²) in [7, 11) is 0. The average Bonchev–Trinajstić information content (AvgIpc) is 2.14. The lowest BCUT2D eigenvalue weighted by Gasteiger charge is -2.04. The van der Waals surface area contributed by atoms with Gasteiger partial charge in [0.05, 0.1) is 5.02 Å². The van der Waals surface area contributed by atoms with Gasteiger partial charge >= 0.3 is 0 Å². The van der Waals surface area contributed by atoms with Gasteiger partial charge < -0.3 is 4.74 Å². The Kier molecular flexibility index (Phi) is 3.55. The lowest BCUT2D eigenvalue weighted by Crippen LogP contribution is -1.96. The molecule has 0 bridgehead atoms. The summed E-state index contributed by atoms with van der Waals surface area (Å²) in [5.74, 6) is 2.84. The number of hydrogen-bond donors (Lipinski definition) is 0. The summed E-state index contributed by atoms with van der Waals surface area (Å²) in [6.45, 7) is 1.65. The number of carbonyl (C=O) groups excluding carboxylic acids is 1. The summed E-state index contributed by atoms with van der Waals surface area (Å²) in [6.07, 6.45) is 5.03. The van der Waals surface area contributed by atoms with Gasteiger partial charge in [-0.2, -0.15) is 0 Å². The van der Waals surface area contributed by atoms with Crippen molar-refractivity contribution >= 4 is 17.4 Å². The van der Waals surface area contributed by atoms with E-state index in [4.69, 9.17) is 22.8 Å². The van der Waals surface area contributed by atoms with E-state index in [0.717, 1.165) is 0 Å². The Morgan fingerprint density at radius 2 is 2.36 bits per heavy atom. The molecule has 0 amide bonds. The Bertz CT molecular complexity index is 391. The average molecular weight is 209 g/mol. The Morgan fingerprint density at radius 1 is 1.64 bits per heavy atom. The number of benzene rings is 1. The van der Waals surface area contributed by atoms with Crippen LogP contribution in [0.4, 0.5) is 0 Å². The fourth-order valence-electron chi connectivity index (χ4n) is 0.996. The van der Waals surface area contributed by atoms with E-state index in [2.05, 4.69) is 5.92 Å². The molecule has 0 saturated heterocycles. The molecule has 0 spiro atoms. The van der Waals surface area contributed by atoms with Gasteiger partial charge in [0.2, 0.25) is 0 Å². The highest BCUT2D eigenvalue weighted by Gasteiger charge is 2.06. The number of terminal acetylenes is 1. The lowest BCUT2D eigenvalue weighted by molar-refractivity contribution is 0.101. The number of ketones is 1. The molecular formula is C11H9ClO2. The molecular weight excluding hydrogens is 200 g/mol. The van der Waals surface area contributed by atoms with E-state index >= 15 is 0 Å². The Hall–Kier alpha value is -1.46. The van der Waals surface area contributed by atoms with Crippen molar-refractivity contribution in [1.82, 2.24) is 0 Å².